The first kappa shape index (κ1) is 13.1. The molecule has 3 rings (SSSR count). The Bertz CT molecular complexity index is 610. The summed E-state index contributed by atoms with van der Waals surface area (Å²) in [5, 5.41) is 6.84. The maximum atomic E-state index is 5.79. The number of pyridine rings is 1. The fourth-order valence-corrected chi connectivity index (χ4v) is 2.50. The lowest BCUT2D eigenvalue weighted by molar-refractivity contribution is 0.276. The Kier molecular flexibility index (Phi) is 3.97. The molecule has 1 aliphatic rings. The largest absolute Gasteiger partial charge is 0.292 e. The van der Waals surface area contributed by atoms with Gasteiger partial charge in [0.15, 0.2) is 0 Å². The molecule has 0 saturated carbocycles. The summed E-state index contributed by atoms with van der Waals surface area (Å²) in [7, 11) is 0. The van der Waals surface area contributed by atoms with Crippen LogP contribution in [0.25, 0.3) is 0 Å². The van der Waals surface area contributed by atoms with Crippen LogP contribution in [0.2, 0.25) is 0 Å². The maximum absolute atomic E-state index is 5.79. The van der Waals surface area contributed by atoms with E-state index in [1.54, 1.807) is 6.20 Å². The van der Waals surface area contributed by atoms with Crippen molar-refractivity contribution in [2.24, 2.45) is 5.10 Å². The minimum atomic E-state index is 0.659. The molecule has 2 aromatic rings. The van der Waals surface area contributed by atoms with Crippen LogP contribution in [0.4, 0.5) is 0 Å². The molecule has 3 nitrogen and oxygen atoms in total. The van der Waals surface area contributed by atoms with Gasteiger partial charge in [-0.2, -0.15) is 5.10 Å². The zero-order valence-electron chi connectivity index (χ0n) is 11.2. The van der Waals surface area contributed by atoms with Crippen LogP contribution in [-0.2, 0) is 6.54 Å². The van der Waals surface area contributed by atoms with Crippen molar-refractivity contribution in [1.29, 1.82) is 0 Å². The lowest BCUT2D eigenvalue weighted by atomic mass is 9.99. The molecule has 0 saturated heterocycles. The second-order valence-electron chi connectivity index (χ2n) is 4.75. The second-order valence-corrected chi connectivity index (χ2v) is 5.13. The SMILES string of the molecule is ClCCCN1Cc2ccccc2C(c2ccccn2)=N1. The van der Waals surface area contributed by atoms with E-state index in [1.807, 2.05) is 24.3 Å². The number of aromatic nitrogens is 1. The Labute approximate surface area is 123 Å². The van der Waals surface area contributed by atoms with E-state index in [2.05, 4.69) is 28.2 Å². The molecule has 102 valence electrons. The molecule has 0 unspecified atom stereocenters. The Balaban J connectivity index is 2.00. The molecule has 0 fully saturated rings. The predicted octanol–water partition coefficient (Wildman–Crippen LogP) is 3.28. The van der Waals surface area contributed by atoms with Gasteiger partial charge in [-0.05, 0) is 24.1 Å². The van der Waals surface area contributed by atoms with Crippen molar-refractivity contribution in [1.82, 2.24) is 9.99 Å². The highest BCUT2D eigenvalue weighted by molar-refractivity contribution is 6.17. The third kappa shape index (κ3) is 2.68. The Morgan fingerprint density at radius 3 is 2.75 bits per heavy atom. The van der Waals surface area contributed by atoms with Gasteiger partial charge >= 0.3 is 0 Å². The van der Waals surface area contributed by atoms with E-state index < -0.39 is 0 Å². The minimum Gasteiger partial charge on any atom is -0.292 e. The van der Waals surface area contributed by atoms with Crippen molar-refractivity contribution in [2.75, 3.05) is 12.4 Å². The quantitative estimate of drug-likeness (QED) is 0.807. The van der Waals surface area contributed by atoms with Crippen LogP contribution < -0.4 is 0 Å². The first-order valence-corrected chi connectivity index (χ1v) is 7.31. The van der Waals surface area contributed by atoms with Gasteiger partial charge in [-0.15, -0.1) is 11.6 Å². The van der Waals surface area contributed by atoms with E-state index in [0.29, 0.717) is 5.88 Å². The van der Waals surface area contributed by atoms with Gasteiger partial charge in [0.05, 0.1) is 12.2 Å². The lowest BCUT2D eigenvalue weighted by Gasteiger charge is -2.27. The maximum Gasteiger partial charge on any atom is 0.116 e. The summed E-state index contributed by atoms with van der Waals surface area (Å²) >= 11 is 5.79. The number of nitrogens with zero attached hydrogens (tertiary/aromatic N) is 3. The average molecular weight is 286 g/mol. The monoisotopic (exact) mass is 285 g/mol. The third-order valence-electron chi connectivity index (χ3n) is 3.32. The van der Waals surface area contributed by atoms with E-state index in [1.165, 1.54) is 11.1 Å². The standard InChI is InChI=1S/C16H16ClN3/c17-9-5-11-20-12-13-6-1-2-7-14(13)16(19-20)15-8-3-4-10-18-15/h1-4,6-8,10H,5,9,11-12H2. The van der Waals surface area contributed by atoms with Crippen LogP contribution in [0.3, 0.4) is 0 Å². The molecule has 1 aromatic carbocycles. The number of hydrogen-bond acceptors (Lipinski definition) is 3. The predicted molar refractivity (Wildman–Crippen MR) is 82.1 cm³/mol. The molecule has 0 bridgehead atoms. The van der Waals surface area contributed by atoms with Crippen molar-refractivity contribution in [3.05, 3.63) is 65.5 Å². The summed E-state index contributed by atoms with van der Waals surface area (Å²) in [6, 6.07) is 14.3. The lowest BCUT2D eigenvalue weighted by Crippen LogP contribution is -2.28. The fraction of sp³-hybridized carbons (Fsp3) is 0.250. The normalized spacial score (nSPS) is 13.8. The van der Waals surface area contributed by atoms with E-state index in [-0.39, 0.29) is 0 Å². The molecule has 4 heteroatoms. The van der Waals surface area contributed by atoms with E-state index in [4.69, 9.17) is 16.7 Å². The summed E-state index contributed by atoms with van der Waals surface area (Å²) in [6.07, 6.45) is 2.74. The van der Waals surface area contributed by atoms with Crippen molar-refractivity contribution < 1.29 is 0 Å². The fourth-order valence-electron chi connectivity index (χ4n) is 2.38. The number of benzene rings is 1. The Morgan fingerprint density at radius 1 is 1.10 bits per heavy atom. The Morgan fingerprint density at radius 2 is 1.95 bits per heavy atom. The zero-order valence-corrected chi connectivity index (χ0v) is 11.9. The van der Waals surface area contributed by atoms with Gasteiger partial charge in [-0.1, -0.05) is 30.3 Å². The number of fused-ring (bicyclic) bond motifs is 1. The average Bonchev–Trinajstić information content (AvgIpc) is 2.53. The summed E-state index contributed by atoms with van der Waals surface area (Å²) in [4.78, 5) is 4.43. The van der Waals surface area contributed by atoms with Gasteiger partial charge in [0.2, 0.25) is 0 Å². The van der Waals surface area contributed by atoms with Gasteiger partial charge in [-0.3, -0.25) is 9.99 Å². The molecule has 1 aromatic heterocycles. The van der Waals surface area contributed by atoms with Gasteiger partial charge in [-0.25, -0.2) is 0 Å². The van der Waals surface area contributed by atoms with Crippen LogP contribution in [0.1, 0.15) is 23.2 Å². The van der Waals surface area contributed by atoms with Crippen molar-refractivity contribution >= 4 is 17.3 Å². The highest BCUT2D eigenvalue weighted by Gasteiger charge is 2.20. The molecule has 0 radical (unpaired) electrons. The zero-order chi connectivity index (χ0) is 13.8. The first-order valence-electron chi connectivity index (χ1n) is 6.77. The second kappa shape index (κ2) is 6.06. The molecule has 2 heterocycles. The van der Waals surface area contributed by atoms with Crippen LogP contribution >= 0.6 is 11.6 Å². The molecular formula is C16H16ClN3. The van der Waals surface area contributed by atoms with Crippen LogP contribution in [0.15, 0.2) is 53.8 Å². The molecule has 0 amide bonds. The highest BCUT2D eigenvalue weighted by Crippen LogP contribution is 2.22. The first-order chi connectivity index (χ1) is 9.88. The third-order valence-corrected chi connectivity index (χ3v) is 3.59. The molecule has 0 aliphatic carbocycles. The number of hydrazone groups is 1. The van der Waals surface area contributed by atoms with Gasteiger partial charge in [0, 0.05) is 24.2 Å². The molecule has 0 N–H and O–H groups in total. The minimum absolute atomic E-state index is 0.659. The van der Waals surface area contributed by atoms with Crippen LogP contribution in [0.5, 0.6) is 0 Å². The topological polar surface area (TPSA) is 28.5 Å². The molecule has 20 heavy (non-hydrogen) atoms. The summed E-state index contributed by atoms with van der Waals surface area (Å²) in [5.41, 5.74) is 4.32. The summed E-state index contributed by atoms with van der Waals surface area (Å²) in [5.74, 6) is 0.659. The van der Waals surface area contributed by atoms with E-state index in [0.717, 1.165) is 30.9 Å². The molecular weight excluding hydrogens is 270 g/mol. The summed E-state index contributed by atoms with van der Waals surface area (Å²) in [6.45, 7) is 1.71. The number of halogens is 1. The Hall–Kier alpha value is -1.87. The van der Waals surface area contributed by atoms with Gasteiger partial charge < -0.3 is 0 Å². The number of alkyl halides is 1. The van der Waals surface area contributed by atoms with Gasteiger partial charge in [0.25, 0.3) is 0 Å². The van der Waals surface area contributed by atoms with Crippen LogP contribution in [-0.4, -0.2) is 28.1 Å². The molecule has 0 atom stereocenters. The highest BCUT2D eigenvalue weighted by atomic mass is 35.5. The van der Waals surface area contributed by atoms with E-state index in [9.17, 15) is 0 Å². The smallest absolute Gasteiger partial charge is 0.116 e. The summed E-state index contributed by atoms with van der Waals surface area (Å²) < 4.78 is 0. The molecule has 0 spiro atoms. The van der Waals surface area contributed by atoms with Crippen molar-refractivity contribution in [2.45, 2.75) is 13.0 Å². The van der Waals surface area contributed by atoms with Gasteiger partial charge in [0.1, 0.15) is 5.71 Å². The van der Waals surface area contributed by atoms with Crippen LogP contribution in [0, 0.1) is 0 Å². The van der Waals surface area contributed by atoms with Crippen molar-refractivity contribution in [3.8, 4) is 0 Å². The number of hydrogen-bond donors (Lipinski definition) is 0. The van der Waals surface area contributed by atoms with Crippen molar-refractivity contribution in [3.63, 3.8) is 0 Å². The number of rotatable bonds is 4. The molecule has 1 aliphatic heterocycles. The van der Waals surface area contributed by atoms with E-state index >= 15 is 0 Å².